The summed E-state index contributed by atoms with van der Waals surface area (Å²) in [5.74, 6) is 0.0255. The minimum atomic E-state index is -0.687. The second kappa shape index (κ2) is 9.54. The minimum Gasteiger partial charge on any atom is -0.479 e. The molecule has 0 spiro atoms. The van der Waals surface area contributed by atoms with Crippen molar-refractivity contribution in [2.75, 3.05) is 16.8 Å². The third-order valence-corrected chi connectivity index (χ3v) is 7.16. The molecular weight excluding hydrogens is 472 g/mol. The number of carbonyl (C=O) groups is 2. The fraction of sp³-hybridized carbons (Fsp3) is 0.214. The first-order valence-corrected chi connectivity index (χ1v) is 12.5. The maximum atomic E-state index is 13.1. The first-order chi connectivity index (χ1) is 17.3. The van der Waals surface area contributed by atoms with E-state index >= 15 is 0 Å². The number of para-hydroxylation sites is 1. The Hall–Kier alpha value is -4.04. The summed E-state index contributed by atoms with van der Waals surface area (Å²) in [5, 5.41) is 3.80. The Morgan fingerprint density at radius 2 is 1.86 bits per heavy atom. The molecule has 1 atom stereocenters. The van der Waals surface area contributed by atoms with E-state index in [1.807, 2.05) is 75.4 Å². The zero-order chi connectivity index (χ0) is 25.4. The number of hydrogen-bond donors (Lipinski definition) is 1. The predicted molar refractivity (Wildman–Crippen MR) is 143 cm³/mol. The van der Waals surface area contributed by atoms with Gasteiger partial charge in [-0.15, -0.1) is 11.3 Å². The number of nitrogens with zero attached hydrogens (tertiary/aromatic N) is 3. The molecule has 2 aromatic heterocycles. The number of thiazole rings is 1. The van der Waals surface area contributed by atoms with E-state index in [0.29, 0.717) is 11.4 Å². The normalized spacial score (nSPS) is 14.8. The van der Waals surface area contributed by atoms with E-state index in [1.165, 1.54) is 4.90 Å². The summed E-state index contributed by atoms with van der Waals surface area (Å²) in [6.45, 7) is 7.48. The van der Waals surface area contributed by atoms with Gasteiger partial charge in [0.2, 0.25) is 5.91 Å². The first-order valence-electron chi connectivity index (χ1n) is 11.7. The monoisotopic (exact) mass is 498 g/mol. The molecule has 4 aromatic rings. The van der Waals surface area contributed by atoms with Crippen molar-refractivity contribution in [3.8, 4) is 27.7 Å². The molecule has 2 aromatic carbocycles. The summed E-state index contributed by atoms with van der Waals surface area (Å²) in [5.41, 5.74) is 5.73. The van der Waals surface area contributed by atoms with Crippen LogP contribution in [0.15, 0.2) is 60.8 Å². The molecule has 8 heteroatoms. The van der Waals surface area contributed by atoms with Crippen molar-refractivity contribution in [3.05, 3.63) is 76.8 Å². The zero-order valence-electron chi connectivity index (χ0n) is 20.5. The Morgan fingerprint density at radius 3 is 2.58 bits per heavy atom. The number of aromatic nitrogens is 2. The molecule has 2 amide bonds. The summed E-state index contributed by atoms with van der Waals surface area (Å²) in [4.78, 5) is 37.9. The Morgan fingerprint density at radius 1 is 1.08 bits per heavy atom. The van der Waals surface area contributed by atoms with Gasteiger partial charge >= 0.3 is 0 Å². The number of amides is 2. The van der Waals surface area contributed by atoms with Crippen LogP contribution in [0.5, 0.6) is 5.75 Å². The molecule has 0 aliphatic carbocycles. The van der Waals surface area contributed by atoms with Crippen LogP contribution >= 0.6 is 11.3 Å². The molecule has 0 saturated heterocycles. The van der Waals surface area contributed by atoms with Gasteiger partial charge in [0.1, 0.15) is 17.3 Å². The van der Waals surface area contributed by atoms with Crippen LogP contribution in [0.4, 0.5) is 11.4 Å². The third-order valence-electron chi connectivity index (χ3n) is 6.17. The second-order valence-corrected chi connectivity index (χ2v) is 10.0. The average molecular weight is 499 g/mol. The van der Waals surface area contributed by atoms with Crippen LogP contribution < -0.4 is 15.0 Å². The minimum absolute atomic E-state index is 0.119. The highest BCUT2D eigenvalue weighted by Gasteiger charge is 2.33. The van der Waals surface area contributed by atoms with Crippen molar-refractivity contribution in [3.63, 3.8) is 0 Å². The van der Waals surface area contributed by atoms with Crippen LogP contribution in [0.1, 0.15) is 22.9 Å². The van der Waals surface area contributed by atoms with E-state index in [-0.39, 0.29) is 18.4 Å². The van der Waals surface area contributed by atoms with Gasteiger partial charge in [0, 0.05) is 22.3 Å². The van der Waals surface area contributed by atoms with Crippen molar-refractivity contribution in [2.24, 2.45) is 0 Å². The van der Waals surface area contributed by atoms with Gasteiger partial charge in [-0.05, 0) is 69.2 Å². The largest absolute Gasteiger partial charge is 0.479 e. The summed E-state index contributed by atoms with van der Waals surface area (Å²) in [7, 11) is 0. The van der Waals surface area contributed by atoms with Crippen LogP contribution in [0.2, 0.25) is 0 Å². The van der Waals surface area contributed by atoms with Gasteiger partial charge in [0.15, 0.2) is 6.10 Å². The SMILES string of the molecule is Cc1cccc(C)c1NC(=O)CN1C(=O)C(C)Oc2ccc(-c3nc(-c4ccccn4)sc3C)cc21. The molecule has 3 heterocycles. The lowest BCUT2D eigenvalue weighted by molar-refractivity contribution is -0.127. The van der Waals surface area contributed by atoms with Gasteiger partial charge in [-0.2, -0.15) is 0 Å². The van der Waals surface area contributed by atoms with Gasteiger partial charge < -0.3 is 10.1 Å². The van der Waals surface area contributed by atoms with Crippen molar-refractivity contribution < 1.29 is 14.3 Å². The Labute approximate surface area is 213 Å². The number of pyridine rings is 1. The second-order valence-electron chi connectivity index (χ2n) is 8.82. The molecule has 0 radical (unpaired) electrons. The van der Waals surface area contributed by atoms with Gasteiger partial charge in [0.25, 0.3) is 5.91 Å². The number of rotatable bonds is 5. The molecule has 0 fully saturated rings. The van der Waals surface area contributed by atoms with E-state index in [2.05, 4.69) is 10.3 Å². The van der Waals surface area contributed by atoms with Crippen LogP contribution in [0.3, 0.4) is 0 Å². The number of anilines is 2. The van der Waals surface area contributed by atoms with Crippen molar-refractivity contribution in [2.45, 2.75) is 33.8 Å². The average Bonchev–Trinajstić information content (AvgIpc) is 3.26. The molecular formula is C28H26N4O3S. The standard InChI is InChI=1S/C28H26N4O3S/c1-16-8-7-9-17(2)25(16)30-24(33)15-32-22-14-20(11-12-23(22)35-18(3)28(32)34)26-19(4)36-27(31-26)21-10-5-6-13-29-21/h5-14,18H,15H2,1-4H3,(H,30,33). The summed E-state index contributed by atoms with van der Waals surface area (Å²) >= 11 is 1.57. The summed E-state index contributed by atoms with van der Waals surface area (Å²) in [6.07, 6.45) is 1.06. The highest BCUT2D eigenvalue weighted by molar-refractivity contribution is 7.15. The van der Waals surface area contributed by atoms with Crippen LogP contribution in [-0.4, -0.2) is 34.4 Å². The van der Waals surface area contributed by atoms with E-state index < -0.39 is 6.10 Å². The smallest absolute Gasteiger partial charge is 0.268 e. The molecule has 1 aliphatic rings. The molecule has 0 bridgehead atoms. The third kappa shape index (κ3) is 4.47. The molecule has 1 aliphatic heterocycles. The van der Waals surface area contributed by atoms with Gasteiger partial charge in [-0.1, -0.05) is 24.3 Å². The van der Waals surface area contributed by atoms with Crippen molar-refractivity contribution in [1.82, 2.24) is 9.97 Å². The number of ether oxygens (including phenoxy) is 1. The lowest BCUT2D eigenvalue weighted by atomic mass is 10.1. The number of benzene rings is 2. The summed E-state index contributed by atoms with van der Waals surface area (Å²) < 4.78 is 5.86. The Balaban J connectivity index is 1.47. The highest BCUT2D eigenvalue weighted by Crippen LogP contribution is 2.40. The zero-order valence-corrected chi connectivity index (χ0v) is 21.3. The number of nitrogens with one attached hydrogen (secondary N) is 1. The molecule has 0 saturated carbocycles. The molecule has 5 rings (SSSR count). The maximum absolute atomic E-state index is 13.1. The van der Waals surface area contributed by atoms with E-state index in [1.54, 1.807) is 24.5 Å². The molecule has 1 unspecified atom stereocenters. The van der Waals surface area contributed by atoms with Gasteiger partial charge in [0.05, 0.1) is 17.1 Å². The van der Waals surface area contributed by atoms with Crippen LogP contribution in [0, 0.1) is 20.8 Å². The van der Waals surface area contributed by atoms with E-state index in [9.17, 15) is 9.59 Å². The van der Waals surface area contributed by atoms with Gasteiger partial charge in [-0.25, -0.2) is 4.98 Å². The Bertz CT molecular complexity index is 1440. The lowest BCUT2D eigenvalue weighted by Crippen LogP contribution is -2.47. The van der Waals surface area contributed by atoms with Crippen molar-refractivity contribution >= 4 is 34.5 Å². The van der Waals surface area contributed by atoms with Crippen LogP contribution in [-0.2, 0) is 9.59 Å². The number of hydrogen-bond acceptors (Lipinski definition) is 6. The Kier molecular flexibility index (Phi) is 6.28. The van der Waals surface area contributed by atoms with Crippen molar-refractivity contribution in [1.29, 1.82) is 0 Å². The number of aryl methyl sites for hydroxylation is 3. The summed E-state index contributed by atoms with van der Waals surface area (Å²) in [6, 6.07) is 17.2. The molecule has 7 nitrogen and oxygen atoms in total. The molecule has 182 valence electrons. The predicted octanol–water partition coefficient (Wildman–Crippen LogP) is 5.55. The lowest BCUT2D eigenvalue weighted by Gasteiger charge is -2.33. The number of carbonyl (C=O) groups excluding carboxylic acids is 2. The quantitative estimate of drug-likeness (QED) is 0.390. The topological polar surface area (TPSA) is 84.4 Å². The highest BCUT2D eigenvalue weighted by atomic mass is 32.1. The van der Waals surface area contributed by atoms with E-state index in [4.69, 9.17) is 9.72 Å². The molecule has 36 heavy (non-hydrogen) atoms. The van der Waals surface area contributed by atoms with Gasteiger partial charge in [-0.3, -0.25) is 19.5 Å². The van der Waals surface area contributed by atoms with E-state index in [0.717, 1.165) is 43.7 Å². The number of fused-ring (bicyclic) bond motifs is 1. The van der Waals surface area contributed by atoms with Crippen LogP contribution in [0.25, 0.3) is 22.0 Å². The fourth-order valence-electron chi connectivity index (χ4n) is 4.31. The fourth-order valence-corrected chi connectivity index (χ4v) is 5.23. The molecule has 1 N–H and O–H groups in total. The maximum Gasteiger partial charge on any atom is 0.268 e. The first kappa shape index (κ1) is 23.7.